The van der Waals surface area contributed by atoms with Crippen LogP contribution >= 0.6 is 39.3 Å². The zero-order valence-electron chi connectivity index (χ0n) is 9.99. The van der Waals surface area contributed by atoms with Gasteiger partial charge in [0.2, 0.25) is 0 Å². The average molecular weight is 356 g/mol. The molecule has 2 rings (SSSR count). The van der Waals surface area contributed by atoms with E-state index in [1.165, 1.54) is 5.56 Å². The Hall–Kier alpha value is -0.970. The maximum absolute atomic E-state index is 7.65. The summed E-state index contributed by atoms with van der Waals surface area (Å²) in [6.45, 7) is 0. The van der Waals surface area contributed by atoms with Gasteiger partial charge >= 0.3 is 0 Å². The Labute approximate surface area is 130 Å². The largest absolute Gasteiger partial charge is 0.384 e. The van der Waals surface area contributed by atoms with E-state index in [4.69, 9.17) is 22.7 Å². The molecule has 0 aliphatic heterocycles. The summed E-state index contributed by atoms with van der Waals surface area (Å²) in [4.78, 5) is 0.997. The molecule has 0 aliphatic rings. The van der Waals surface area contributed by atoms with Gasteiger partial charge in [0.15, 0.2) is 0 Å². The Morgan fingerprint density at radius 1 is 1.21 bits per heavy atom. The first-order valence-electron chi connectivity index (χ1n) is 5.58. The van der Waals surface area contributed by atoms with E-state index < -0.39 is 0 Å². The smallest absolute Gasteiger partial charge is 0.125 e. The molecule has 19 heavy (non-hydrogen) atoms. The van der Waals surface area contributed by atoms with Gasteiger partial charge in [-0.3, -0.25) is 5.41 Å². The number of amidine groups is 1. The molecule has 0 heterocycles. The zero-order chi connectivity index (χ0) is 13.8. The Kier molecular flexibility index (Phi) is 4.91. The number of hydrogen-bond donors (Lipinski definition) is 2. The van der Waals surface area contributed by atoms with Crippen LogP contribution in [0, 0.1) is 5.41 Å². The number of nitrogen functional groups attached to an aromatic ring is 1. The van der Waals surface area contributed by atoms with Crippen molar-refractivity contribution in [2.45, 2.75) is 10.6 Å². The third-order valence-corrected chi connectivity index (χ3v) is 4.59. The van der Waals surface area contributed by atoms with Gasteiger partial charge in [-0.05, 0) is 45.8 Å². The average Bonchev–Trinajstić information content (AvgIpc) is 2.37. The van der Waals surface area contributed by atoms with Gasteiger partial charge in [-0.2, -0.15) is 0 Å². The van der Waals surface area contributed by atoms with Crippen LogP contribution in [-0.4, -0.2) is 5.84 Å². The molecule has 2 aromatic carbocycles. The van der Waals surface area contributed by atoms with Gasteiger partial charge in [0.1, 0.15) is 5.84 Å². The first kappa shape index (κ1) is 14.4. The van der Waals surface area contributed by atoms with Gasteiger partial charge in [0.05, 0.1) is 0 Å². The number of benzene rings is 2. The number of hydrogen-bond acceptors (Lipinski definition) is 2. The SMILES string of the molecule is N=C(N)c1c(Br)cccc1SCc1ccc(Cl)cc1. The zero-order valence-corrected chi connectivity index (χ0v) is 13.1. The number of halogens is 2. The number of thioether (sulfide) groups is 1. The van der Waals surface area contributed by atoms with E-state index in [9.17, 15) is 0 Å². The molecular weight excluding hydrogens is 344 g/mol. The van der Waals surface area contributed by atoms with Gasteiger partial charge in [-0.25, -0.2) is 0 Å². The van der Waals surface area contributed by atoms with Crippen LogP contribution in [0.3, 0.4) is 0 Å². The summed E-state index contributed by atoms with van der Waals surface area (Å²) in [5.41, 5.74) is 7.56. The van der Waals surface area contributed by atoms with Gasteiger partial charge in [0, 0.05) is 25.7 Å². The van der Waals surface area contributed by atoms with Gasteiger partial charge in [0.25, 0.3) is 0 Å². The highest BCUT2D eigenvalue weighted by atomic mass is 79.9. The van der Waals surface area contributed by atoms with Crippen molar-refractivity contribution in [2.24, 2.45) is 5.73 Å². The van der Waals surface area contributed by atoms with Gasteiger partial charge in [-0.1, -0.05) is 29.8 Å². The number of nitrogens with two attached hydrogens (primary N) is 1. The first-order chi connectivity index (χ1) is 9.08. The molecule has 2 nitrogen and oxygen atoms in total. The molecule has 0 fully saturated rings. The summed E-state index contributed by atoms with van der Waals surface area (Å²) in [6.07, 6.45) is 0. The Balaban J connectivity index is 2.18. The predicted octanol–water partition coefficient (Wildman–Crippen LogP) is 4.68. The van der Waals surface area contributed by atoms with Crippen LogP contribution < -0.4 is 5.73 Å². The fourth-order valence-electron chi connectivity index (χ4n) is 1.63. The van der Waals surface area contributed by atoms with Crippen LogP contribution in [-0.2, 0) is 5.75 Å². The Morgan fingerprint density at radius 2 is 1.89 bits per heavy atom. The van der Waals surface area contributed by atoms with Crippen molar-refractivity contribution in [3.63, 3.8) is 0 Å². The molecule has 0 aliphatic carbocycles. The number of nitrogens with one attached hydrogen (secondary N) is 1. The van der Waals surface area contributed by atoms with Crippen molar-refractivity contribution in [3.05, 3.63) is 63.1 Å². The lowest BCUT2D eigenvalue weighted by Gasteiger charge is -2.10. The van der Waals surface area contributed by atoms with Gasteiger partial charge in [-0.15, -0.1) is 11.8 Å². The first-order valence-corrected chi connectivity index (χ1v) is 7.73. The Bertz CT molecular complexity index is 599. The van der Waals surface area contributed by atoms with Crippen LogP contribution in [0.5, 0.6) is 0 Å². The number of rotatable bonds is 4. The molecule has 5 heteroatoms. The molecule has 2 aromatic rings. The van der Waals surface area contributed by atoms with Crippen LogP contribution in [0.2, 0.25) is 5.02 Å². The lowest BCUT2D eigenvalue weighted by Crippen LogP contribution is -2.13. The highest BCUT2D eigenvalue weighted by molar-refractivity contribution is 9.10. The van der Waals surface area contributed by atoms with E-state index in [2.05, 4.69) is 15.9 Å². The summed E-state index contributed by atoms with van der Waals surface area (Å²) in [5.74, 6) is 0.888. The van der Waals surface area contributed by atoms with Crippen molar-refractivity contribution >= 4 is 45.1 Å². The summed E-state index contributed by atoms with van der Waals surface area (Å²) >= 11 is 10.9. The molecular formula is C14H12BrClN2S. The molecule has 0 bridgehead atoms. The van der Waals surface area contributed by atoms with E-state index in [0.717, 1.165) is 25.7 Å². The van der Waals surface area contributed by atoms with Crippen molar-refractivity contribution in [1.82, 2.24) is 0 Å². The molecule has 0 saturated carbocycles. The fraction of sp³-hybridized carbons (Fsp3) is 0.0714. The van der Waals surface area contributed by atoms with Crippen LogP contribution in [0.25, 0.3) is 0 Å². The van der Waals surface area contributed by atoms with Crippen molar-refractivity contribution in [3.8, 4) is 0 Å². The standard InChI is InChI=1S/C14H12BrClN2S/c15-11-2-1-3-12(13(11)14(17)18)19-8-9-4-6-10(16)7-5-9/h1-7H,8H2,(H3,17,18). The summed E-state index contributed by atoms with van der Waals surface area (Å²) in [7, 11) is 0. The minimum atomic E-state index is 0.0751. The second-order valence-corrected chi connectivity index (χ2v) is 6.25. The molecule has 0 unspecified atom stereocenters. The topological polar surface area (TPSA) is 49.9 Å². The Morgan fingerprint density at radius 3 is 2.53 bits per heavy atom. The molecule has 0 amide bonds. The molecule has 98 valence electrons. The highest BCUT2D eigenvalue weighted by Gasteiger charge is 2.10. The minimum absolute atomic E-state index is 0.0751. The maximum Gasteiger partial charge on any atom is 0.125 e. The van der Waals surface area contributed by atoms with Crippen molar-refractivity contribution in [2.75, 3.05) is 0 Å². The molecule has 0 atom stereocenters. The quantitative estimate of drug-likeness (QED) is 0.475. The highest BCUT2D eigenvalue weighted by Crippen LogP contribution is 2.30. The molecule has 0 aromatic heterocycles. The molecule has 0 saturated heterocycles. The third-order valence-electron chi connectivity index (χ3n) is 2.55. The minimum Gasteiger partial charge on any atom is -0.384 e. The third kappa shape index (κ3) is 3.75. The van der Waals surface area contributed by atoms with E-state index in [-0.39, 0.29) is 5.84 Å². The fourth-order valence-corrected chi connectivity index (χ4v) is 3.52. The van der Waals surface area contributed by atoms with E-state index in [0.29, 0.717) is 0 Å². The van der Waals surface area contributed by atoms with Crippen LogP contribution in [0.4, 0.5) is 0 Å². The van der Waals surface area contributed by atoms with Crippen molar-refractivity contribution < 1.29 is 0 Å². The van der Waals surface area contributed by atoms with Gasteiger partial charge < -0.3 is 5.73 Å². The van der Waals surface area contributed by atoms with Crippen LogP contribution in [0.1, 0.15) is 11.1 Å². The molecule has 3 N–H and O–H groups in total. The molecule has 0 radical (unpaired) electrons. The van der Waals surface area contributed by atoms with E-state index >= 15 is 0 Å². The summed E-state index contributed by atoms with van der Waals surface area (Å²) < 4.78 is 0.848. The summed E-state index contributed by atoms with van der Waals surface area (Å²) in [6, 6.07) is 13.6. The second-order valence-electron chi connectivity index (χ2n) is 3.94. The van der Waals surface area contributed by atoms with Crippen LogP contribution in [0.15, 0.2) is 51.8 Å². The lowest BCUT2D eigenvalue weighted by atomic mass is 10.2. The predicted molar refractivity (Wildman–Crippen MR) is 86.2 cm³/mol. The molecule has 0 spiro atoms. The normalized spacial score (nSPS) is 10.4. The monoisotopic (exact) mass is 354 g/mol. The maximum atomic E-state index is 7.65. The van der Waals surface area contributed by atoms with E-state index in [1.807, 2.05) is 42.5 Å². The van der Waals surface area contributed by atoms with E-state index in [1.54, 1.807) is 11.8 Å². The van der Waals surface area contributed by atoms with Crippen molar-refractivity contribution in [1.29, 1.82) is 5.41 Å². The summed E-state index contributed by atoms with van der Waals surface area (Å²) in [5, 5.41) is 8.38. The lowest BCUT2D eigenvalue weighted by molar-refractivity contribution is 1.31. The second kappa shape index (κ2) is 6.46.